The normalized spacial score (nSPS) is 14.6. The summed E-state index contributed by atoms with van der Waals surface area (Å²) in [6.45, 7) is 14.5. The summed E-state index contributed by atoms with van der Waals surface area (Å²) >= 11 is 0. The van der Waals surface area contributed by atoms with Gasteiger partial charge >= 0.3 is 8.56 Å². The summed E-state index contributed by atoms with van der Waals surface area (Å²) in [4.78, 5) is 0. The first-order chi connectivity index (χ1) is 8.62. The van der Waals surface area contributed by atoms with Crippen LogP contribution in [0.2, 0.25) is 51.9 Å². The molecule has 0 fully saturated rings. The minimum absolute atomic E-state index is 0.0809. The molecule has 122 valence electrons. The Bertz CT molecular complexity index is 402. The molecule has 0 radical (unpaired) electrons. The highest BCUT2D eigenvalue weighted by Crippen LogP contribution is 2.23. The Morgan fingerprint density at radius 2 is 1.45 bits per heavy atom. The SMILES string of the molecule is C[Si](C)(C)O[Si](C)(C)O[Si](C)(C)CCCOS(=O)(=O)[O-]. The van der Waals surface area contributed by atoms with Crippen molar-refractivity contribution >= 4 is 35.6 Å². The average Bonchev–Trinajstić information content (AvgIpc) is 2.04. The van der Waals surface area contributed by atoms with Crippen LogP contribution in [0.4, 0.5) is 0 Å². The third kappa shape index (κ3) is 12.2. The van der Waals surface area contributed by atoms with E-state index in [9.17, 15) is 13.0 Å². The lowest BCUT2D eigenvalue weighted by Crippen LogP contribution is -2.51. The van der Waals surface area contributed by atoms with Gasteiger partial charge in [0, 0.05) is 0 Å². The Balaban J connectivity index is 4.30. The molecule has 0 atom stereocenters. The van der Waals surface area contributed by atoms with Crippen LogP contribution >= 0.6 is 0 Å². The molecule has 0 saturated carbocycles. The monoisotopic (exact) mass is 359 g/mol. The van der Waals surface area contributed by atoms with Crippen molar-refractivity contribution in [1.82, 2.24) is 0 Å². The molecule has 0 N–H and O–H groups in total. The van der Waals surface area contributed by atoms with E-state index in [2.05, 4.69) is 36.9 Å². The van der Waals surface area contributed by atoms with Gasteiger partial charge in [0.25, 0.3) is 0 Å². The van der Waals surface area contributed by atoms with Crippen molar-refractivity contribution in [2.75, 3.05) is 6.61 Å². The van der Waals surface area contributed by atoms with Gasteiger partial charge in [0.15, 0.2) is 16.6 Å². The van der Waals surface area contributed by atoms with Gasteiger partial charge in [-0.15, -0.1) is 0 Å². The van der Waals surface area contributed by atoms with Crippen LogP contribution in [0.1, 0.15) is 6.42 Å². The lowest BCUT2D eigenvalue weighted by molar-refractivity contribution is 0.260. The minimum atomic E-state index is -4.59. The Morgan fingerprint density at radius 1 is 0.950 bits per heavy atom. The second-order valence-corrected chi connectivity index (χ2v) is 20.5. The van der Waals surface area contributed by atoms with Gasteiger partial charge in [0.05, 0.1) is 6.61 Å². The first kappa shape index (κ1) is 20.4. The van der Waals surface area contributed by atoms with E-state index in [1.807, 2.05) is 13.1 Å². The van der Waals surface area contributed by atoms with E-state index in [0.717, 1.165) is 6.04 Å². The molecule has 0 aliphatic heterocycles. The van der Waals surface area contributed by atoms with Gasteiger partial charge in [0.1, 0.15) is 0 Å². The van der Waals surface area contributed by atoms with Crippen LogP contribution in [-0.4, -0.2) is 44.8 Å². The molecule has 0 amide bonds. The summed E-state index contributed by atoms with van der Waals surface area (Å²) in [7, 11) is -10.3. The molecule has 0 aromatic heterocycles. The highest BCUT2D eigenvalue weighted by Gasteiger charge is 2.37. The Hall–Kier alpha value is 0.441. The van der Waals surface area contributed by atoms with Gasteiger partial charge in [-0.3, -0.25) is 4.18 Å². The van der Waals surface area contributed by atoms with Crippen molar-refractivity contribution in [2.24, 2.45) is 0 Å². The second-order valence-electron chi connectivity index (χ2n) is 6.81. The molecule has 0 heterocycles. The highest BCUT2D eigenvalue weighted by molar-refractivity contribution is 7.80. The summed E-state index contributed by atoms with van der Waals surface area (Å²) in [5.74, 6) is 0. The van der Waals surface area contributed by atoms with Crippen LogP contribution in [-0.2, 0) is 22.8 Å². The molecule has 20 heavy (non-hydrogen) atoms. The molecule has 0 aliphatic rings. The summed E-state index contributed by atoms with van der Waals surface area (Å²) in [5.41, 5.74) is 0. The van der Waals surface area contributed by atoms with Crippen molar-refractivity contribution in [3.05, 3.63) is 0 Å². The van der Waals surface area contributed by atoms with E-state index in [0.29, 0.717) is 6.42 Å². The van der Waals surface area contributed by atoms with Crippen LogP contribution in [0.15, 0.2) is 0 Å². The number of hydrogen-bond donors (Lipinski definition) is 0. The maximum absolute atomic E-state index is 10.3. The smallest absolute Gasteiger partial charge is 0.311 e. The average molecular weight is 360 g/mol. The maximum Gasteiger partial charge on any atom is 0.311 e. The van der Waals surface area contributed by atoms with Gasteiger partial charge in [0.2, 0.25) is 10.4 Å². The maximum atomic E-state index is 10.3. The van der Waals surface area contributed by atoms with Crippen molar-refractivity contribution in [1.29, 1.82) is 0 Å². The fraction of sp³-hybridized carbons (Fsp3) is 1.00. The van der Waals surface area contributed by atoms with E-state index in [1.165, 1.54) is 0 Å². The first-order valence-electron chi connectivity index (χ1n) is 6.63. The number of hydrogen-bond acceptors (Lipinski definition) is 6. The summed E-state index contributed by atoms with van der Waals surface area (Å²) in [6.07, 6.45) is 0.498. The van der Waals surface area contributed by atoms with Gasteiger partial charge in [-0.05, 0) is 58.3 Å². The molecular formula is C10H27O6SSi3-. The molecule has 0 bridgehead atoms. The molecule has 0 unspecified atom stereocenters. The van der Waals surface area contributed by atoms with Crippen molar-refractivity contribution in [3.8, 4) is 0 Å². The quantitative estimate of drug-likeness (QED) is 0.272. The molecular weight excluding hydrogens is 332 g/mol. The summed E-state index contributed by atoms with van der Waals surface area (Å²) in [6, 6.07) is 0.730. The van der Waals surface area contributed by atoms with E-state index in [1.54, 1.807) is 0 Å². The van der Waals surface area contributed by atoms with Crippen LogP contribution < -0.4 is 0 Å². The third-order valence-electron chi connectivity index (χ3n) is 2.22. The zero-order valence-electron chi connectivity index (χ0n) is 13.5. The lowest BCUT2D eigenvalue weighted by atomic mass is 10.5. The zero-order valence-corrected chi connectivity index (χ0v) is 17.3. The van der Waals surface area contributed by atoms with Crippen LogP contribution in [0.25, 0.3) is 0 Å². The standard InChI is InChI=1S/C10H28O6SSi3/c1-18(2,3)15-20(6,7)16-19(4,5)10-8-9-14-17(11,12)13/h8-10H2,1-7H3,(H,11,12,13)/p-1. The summed E-state index contributed by atoms with van der Waals surface area (Å²) in [5, 5.41) is 0. The van der Waals surface area contributed by atoms with E-state index < -0.39 is 35.6 Å². The van der Waals surface area contributed by atoms with Gasteiger partial charge in [-0.25, -0.2) is 8.42 Å². The van der Waals surface area contributed by atoms with E-state index in [4.69, 9.17) is 8.23 Å². The molecule has 0 saturated heterocycles. The molecule has 10 heteroatoms. The molecule has 0 aromatic rings. The second kappa shape index (κ2) is 7.13. The van der Waals surface area contributed by atoms with E-state index >= 15 is 0 Å². The zero-order chi connectivity index (χ0) is 16.2. The molecule has 0 aliphatic carbocycles. The number of rotatable bonds is 9. The van der Waals surface area contributed by atoms with E-state index in [-0.39, 0.29) is 6.61 Å². The molecule has 6 nitrogen and oxygen atoms in total. The molecule has 0 rings (SSSR count). The Morgan fingerprint density at radius 3 is 1.85 bits per heavy atom. The molecule has 0 spiro atoms. The van der Waals surface area contributed by atoms with Crippen LogP contribution in [0.3, 0.4) is 0 Å². The van der Waals surface area contributed by atoms with Gasteiger partial charge < -0.3 is 12.8 Å². The fourth-order valence-electron chi connectivity index (χ4n) is 2.13. The predicted octanol–water partition coefficient (Wildman–Crippen LogP) is 2.63. The summed E-state index contributed by atoms with van der Waals surface area (Å²) < 4.78 is 47.6. The highest BCUT2D eigenvalue weighted by atomic mass is 32.3. The lowest BCUT2D eigenvalue weighted by Gasteiger charge is -2.37. The Kier molecular flexibility index (Phi) is 7.29. The van der Waals surface area contributed by atoms with Gasteiger partial charge in [-0.2, -0.15) is 0 Å². The first-order valence-corrected chi connectivity index (χ1v) is 17.3. The largest absolute Gasteiger partial charge is 0.726 e. The van der Waals surface area contributed by atoms with Crippen molar-refractivity contribution in [3.63, 3.8) is 0 Å². The minimum Gasteiger partial charge on any atom is -0.726 e. The van der Waals surface area contributed by atoms with Crippen molar-refractivity contribution in [2.45, 2.75) is 58.3 Å². The van der Waals surface area contributed by atoms with Crippen LogP contribution in [0, 0.1) is 0 Å². The molecule has 0 aromatic carbocycles. The van der Waals surface area contributed by atoms with Crippen molar-refractivity contribution < 1.29 is 25.4 Å². The Labute approximate surface area is 126 Å². The third-order valence-corrected chi connectivity index (χ3v) is 12.8. The fourth-order valence-corrected chi connectivity index (χ4v) is 15.6. The topological polar surface area (TPSA) is 84.9 Å². The van der Waals surface area contributed by atoms with Crippen LogP contribution in [0.5, 0.6) is 0 Å². The van der Waals surface area contributed by atoms with Gasteiger partial charge in [-0.1, -0.05) is 0 Å². The predicted molar refractivity (Wildman–Crippen MR) is 85.6 cm³/mol.